The second-order valence-electron chi connectivity index (χ2n) is 7.46. The van der Waals surface area contributed by atoms with Crippen LogP contribution in [0, 0.1) is 0 Å². The highest BCUT2D eigenvalue weighted by Gasteiger charge is 2.26. The van der Waals surface area contributed by atoms with E-state index < -0.39 is 0 Å². The van der Waals surface area contributed by atoms with Crippen molar-refractivity contribution in [3.8, 4) is 11.4 Å². The molecule has 27 heavy (non-hydrogen) atoms. The molecule has 1 atom stereocenters. The van der Waals surface area contributed by atoms with Gasteiger partial charge in [0, 0.05) is 37.0 Å². The fourth-order valence-electron chi connectivity index (χ4n) is 3.73. The van der Waals surface area contributed by atoms with E-state index in [2.05, 4.69) is 43.7 Å². The molecule has 2 aromatic heterocycles. The van der Waals surface area contributed by atoms with Crippen LogP contribution < -0.4 is 0 Å². The van der Waals surface area contributed by atoms with Gasteiger partial charge in [0.1, 0.15) is 12.2 Å². The molecule has 0 bridgehead atoms. The molecule has 1 unspecified atom stereocenters. The van der Waals surface area contributed by atoms with Crippen molar-refractivity contribution >= 4 is 0 Å². The molecule has 4 rings (SSSR count). The number of hydrogen-bond acceptors (Lipinski definition) is 6. The first-order chi connectivity index (χ1) is 13.2. The van der Waals surface area contributed by atoms with Crippen molar-refractivity contribution in [1.29, 1.82) is 0 Å². The minimum atomic E-state index is 0.389. The van der Waals surface area contributed by atoms with E-state index in [1.165, 1.54) is 12.8 Å². The zero-order chi connectivity index (χ0) is 18.6. The summed E-state index contributed by atoms with van der Waals surface area (Å²) in [5, 5.41) is 12.6. The molecule has 142 valence electrons. The van der Waals surface area contributed by atoms with Gasteiger partial charge in [0.05, 0.1) is 0 Å². The van der Waals surface area contributed by atoms with E-state index in [9.17, 15) is 0 Å². The Morgan fingerprint density at radius 2 is 2.07 bits per heavy atom. The van der Waals surface area contributed by atoms with Gasteiger partial charge in [-0.3, -0.25) is 0 Å². The fraction of sp³-hybridized carbons (Fsp3) is 0.500. The lowest BCUT2D eigenvalue weighted by Crippen LogP contribution is -2.36. The minimum Gasteiger partial charge on any atom is -0.339 e. The van der Waals surface area contributed by atoms with Gasteiger partial charge in [-0.05, 0) is 33.2 Å². The van der Waals surface area contributed by atoms with Crippen molar-refractivity contribution in [2.75, 3.05) is 19.6 Å². The van der Waals surface area contributed by atoms with Crippen LogP contribution >= 0.6 is 0 Å². The van der Waals surface area contributed by atoms with Crippen LogP contribution in [0.4, 0.5) is 0 Å². The van der Waals surface area contributed by atoms with E-state index in [0.29, 0.717) is 23.7 Å². The molecule has 1 fully saturated rings. The Kier molecular flexibility index (Phi) is 5.29. The van der Waals surface area contributed by atoms with Crippen molar-refractivity contribution < 1.29 is 4.52 Å². The molecule has 1 saturated heterocycles. The Bertz CT molecular complexity index is 856. The van der Waals surface area contributed by atoms with Gasteiger partial charge >= 0.3 is 0 Å². The van der Waals surface area contributed by atoms with Crippen LogP contribution in [0.2, 0.25) is 0 Å². The van der Waals surface area contributed by atoms with Crippen molar-refractivity contribution in [2.45, 2.75) is 45.1 Å². The molecule has 0 amide bonds. The average Bonchev–Trinajstić information content (AvgIpc) is 3.37. The van der Waals surface area contributed by atoms with Gasteiger partial charge in [-0.15, -0.1) is 10.2 Å². The second kappa shape index (κ2) is 8.00. The van der Waals surface area contributed by atoms with E-state index in [4.69, 9.17) is 4.52 Å². The number of nitrogens with zero attached hydrogens (tertiary/aromatic N) is 6. The lowest BCUT2D eigenvalue weighted by atomic mass is 9.96. The third-order valence-electron chi connectivity index (χ3n) is 5.17. The van der Waals surface area contributed by atoms with Gasteiger partial charge in [0.15, 0.2) is 0 Å². The zero-order valence-electron chi connectivity index (χ0n) is 16.0. The summed E-state index contributed by atoms with van der Waals surface area (Å²) in [6.45, 7) is 7.38. The van der Waals surface area contributed by atoms with Crippen LogP contribution in [0.3, 0.4) is 0 Å². The van der Waals surface area contributed by atoms with Crippen LogP contribution in [-0.2, 0) is 6.42 Å². The third kappa shape index (κ3) is 4.08. The predicted octanol–water partition coefficient (Wildman–Crippen LogP) is 3.33. The van der Waals surface area contributed by atoms with Crippen LogP contribution in [-0.4, -0.2) is 49.4 Å². The summed E-state index contributed by atoms with van der Waals surface area (Å²) in [5.74, 6) is 2.90. The highest BCUT2D eigenvalue weighted by Crippen LogP contribution is 2.27. The molecule has 0 spiro atoms. The summed E-state index contributed by atoms with van der Waals surface area (Å²) in [6.07, 6.45) is 4.96. The molecule has 0 aliphatic carbocycles. The van der Waals surface area contributed by atoms with Crippen molar-refractivity contribution in [3.05, 3.63) is 48.4 Å². The summed E-state index contributed by atoms with van der Waals surface area (Å²) in [5.41, 5.74) is 0.985. The Morgan fingerprint density at radius 3 is 2.89 bits per heavy atom. The van der Waals surface area contributed by atoms with Gasteiger partial charge in [-0.1, -0.05) is 35.5 Å². The number of likely N-dealkylation sites (tertiary alicyclic amines) is 1. The van der Waals surface area contributed by atoms with Crippen molar-refractivity contribution in [2.24, 2.45) is 0 Å². The minimum absolute atomic E-state index is 0.389. The van der Waals surface area contributed by atoms with Crippen LogP contribution in [0.15, 0.2) is 41.2 Å². The molecule has 0 saturated carbocycles. The maximum Gasteiger partial charge on any atom is 0.228 e. The van der Waals surface area contributed by atoms with Gasteiger partial charge in [-0.2, -0.15) is 4.98 Å². The molecule has 1 aliphatic rings. The first-order valence-electron chi connectivity index (χ1n) is 9.70. The van der Waals surface area contributed by atoms with E-state index >= 15 is 0 Å². The van der Waals surface area contributed by atoms with Crippen LogP contribution in [0.1, 0.15) is 50.4 Å². The molecular weight excluding hydrogens is 340 g/mol. The average molecular weight is 366 g/mol. The third-order valence-corrected chi connectivity index (χ3v) is 5.17. The monoisotopic (exact) mass is 366 g/mol. The molecule has 0 radical (unpaired) electrons. The number of benzene rings is 1. The Morgan fingerprint density at radius 1 is 1.22 bits per heavy atom. The maximum absolute atomic E-state index is 5.45. The maximum atomic E-state index is 5.45. The Labute approximate surface area is 159 Å². The summed E-state index contributed by atoms with van der Waals surface area (Å²) < 4.78 is 7.64. The second-order valence-corrected chi connectivity index (χ2v) is 7.46. The normalized spacial score (nSPS) is 18.3. The largest absolute Gasteiger partial charge is 0.339 e. The summed E-state index contributed by atoms with van der Waals surface area (Å²) in [6, 6.07) is 10.3. The van der Waals surface area contributed by atoms with Gasteiger partial charge in [0.25, 0.3) is 0 Å². The first-order valence-corrected chi connectivity index (χ1v) is 9.70. The van der Waals surface area contributed by atoms with Gasteiger partial charge in [-0.25, -0.2) is 0 Å². The zero-order valence-corrected chi connectivity index (χ0v) is 16.0. The number of rotatable bonds is 6. The van der Waals surface area contributed by atoms with Crippen LogP contribution in [0.25, 0.3) is 11.4 Å². The number of aromatic nitrogens is 5. The quantitative estimate of drug-likeness (QED) is 0.666. The van der Waals surface area contributed by atoms with Gasteiger partial charge < -0.3 is 14.0 Å². The van der Waals surface area contributed by atoms with E-state index in [1.54, 1.807) is 0 Å². The Hall–Kier alpha value is -2.54. The lowest BCUT2D eigenvalue weighted by Gasteiger charge is -2.32. The number of hydrogen-bond donors (Lipinski definition) is 0. The smallest absolute Gasteiger partial charge is 0.228 e. The molecule has 0 N–H and O–H groups in total. The van der Waals surface area contributed by atoms with E-state index in [-0.39, 0.29) is 0 Å². The Balaban J connectivity index is 1.36. The number of piperidine rings is 1. The predicted molar refractivity (Wildman–Crippen MR) is 102 cm³/mol. The van der Waals surface area contributed by atoms with E-state index in [1.807, 2.05) is 36.7 Å². The van der Waals surface area contributed by atoms with Gasteiger partial charge in [0.2, 0.25) is 11.7 Å². The molecule has 3 heterocycles. The lowest BCUT2D eigenvalue weighted by molar-refractivity contribution is 0.197. The molecule has 1 aromatic carbocycles. The fourth-order valence-corrected chi connectivity index (χ4v) is 3.73. The SMILES string of the molecule is CC(C)n1cnnc1C1CCCN(CCc2nc(-c3ccccc3)no2)C1. The highest BCUT2D eigenvalue weighted by molar-refractivity contribution is 5.53. The highest BCUT2D eigenvalue weighted by atomic mass is 16.5. The van der Waals surface area contributed by atoms with Crippen LogP contribution in [0.5, 0.6) is 0 Å². The molecule has 1 aliphatic heterocycles. The topological polar surface area (TPSA) is 72.9 Å². The first kappa shape index (κ1) is 17.9. The standard InChI is InChI=1S/C20H26N6O/c1-15(2)26-14-21-23-20(26)17-9-6-11-25(13-17)12-10-18-22-19(24-27-18)16-7-4-3-5-8-16/h3-5,7-8,14-15,17H,6,9-13H2,1-2H3. The summed E-state index contributed by atoms with van der Waals surface area (Å²) in [4.78, 5) is 7.01. The molecule has 7 heteroatoms. The molecule has 7 nitrogen and oxygen atoms in total. The van der Waals surface area contributed by atoms with E-state index in [0.717, 1.165) is 37.4 Å². The molecular formula is C20H26N6O. The van der Waals surface area contributed by atoms with Crippen molar-refractivity contribution in [3.63, 3.8) is 0 Å². The summed E-state index contributed by atoms with van der Waals surface area (Å²) >= 11 is 0. The summed E-state index contributed by atoms with van der Waals surface area (Å²) in [7, 11) is 0. The molecule has 3 aromatic rings. The van der Waals surface area contributed by atoms with Crippen molar-refractivity contribution in [1.82, 2.24) is 29.8 Å².